The highest BCUT2D eigenvalue weighted by Crippen LogP contribution is 2.23. The Morgan fingerprint density at radius 1 is 1.07 bits per heavy atom. The molecule has 1 aliphatic rings. The van der Waals surface area contributed by atoms with Crippen molar-refractivity contribution in [3.8, 4) is 5.75 Å². The minimum atomic E-state index is -0.165. The number of rotatable bonds is 5. The van der Waals surface area contributed by atoms with Crippen LogP contribution in [0.15, 0.2) is 42.6 Å². The van der Waals surface area contributed by atoms with Crippen molar-refractivity contribution in [3.63, 3.8) is 0 Å². The first-order valence-corrected chi connectivity index (χ1v) is 9.08. The number of anilines is 1. The summed E-state index contributed by atoms with van der Waals surface area (Å²) in [5.74, 6) is 1.06. The number of ether oxygens (including phenoxy) is 1. The van der Waals surface area contributed by atoms with Gasteiger partial charge >= 0.3 is 0 Å². The maximum absolute atomic E-state index is 12.9. The van der Waals surface area contributed by atoms with Crippen molar-refractivity contribution in [1.82, 2.24) is 15.2 Å². The molecule has 1 fully saturated rings. The summed E-state index contributed by atoms with van der Waals surface area (Å²) in [4.78, 5) is 33.2. The van der Waals surface area contributed by atoms with E-state index < -0.39 is 0 Å². The molecule has 1 saturated heterocycles. The molecule has 2 amide bonds. The van der Waals surface area contributed by atoms with Crippen molar-refractivity contribution in [2.24, 2.45) is 0 Å². The second-order valence-electron chi connectivity index (χ2n) is 6.16. The quantitative estimate of drug-likeness (QED) is 0.871. The van der Waals surface area contributed by atoms with Gasteiger partial charge in [0.05, 0.1) is 17.7 Å². The fraction of sp³-hybridized carbons (Fsp3) is 0.350. The number of aromatic nitrogens is 1. The van der Waals surface area contributed by atoms with Gasteiger partial charge in [0.15, 0.2) is 0 Å². The first kappa shape index (κ1) is 18.7. The van der Waals surface area contributed by atoms with Crippen LogP contribution in [0, 0.1) is 0 Å². The van der Waals surface area contributed by atoms with Crippen molar-refractivity contribution < 1.29 is 14.3 Å². The molecule has 1 aliphatic heterocycles. The Bertz CT molecular complexity index is 816. The highest BCUT2D eigenvalue weighted by Gasteiger charge is 2.26. The van der Waals surface area contributed by atoms with Crippen molar-refractivity contribution >= 4 is 17.6 Å². The van der Waals surface area contributed by atoms with Gasteiger partial charge in [-0.3, -0.25) is 9.59 Å². The maximum atomic E-state index is 12.9. The molecule has 3 rings (SSSR count). The molecule has 2 heterocycles. The lowest BCUT2D eigenvalue weighted by Gasteiger charge is -2.36. The van der Waals surface area contributed by atoms with Crippen LogP contribution in [0.25, 0.3) is 0 Å². The van der Waals surface area contributed by atoms with Crippen LogP contribution >= 0.6 is 0 Å². The Kier molecular flexibility index (Phi) is 5.90. The number of piperazine rings is 1. The molecule has 1 aromatic carbocycles. The lowest BCUT2D eigenvalue weighted by Crippen LogP contribution is -2.49. The molecule has 0 unspecified atom stereocenters. The molecule has 1 aromatic heterocycles. The van der Waals surface area contributed by atoms with Crippen LogP contribution in [0.1, 0.15) is 27.6 Å². The van der Waals surface area contributed by atoms with Gasteiger partial charge in [-0.1, -0.05) is 12.1 Å². The molecule has 0 atom stereocenters. The largest absolute Gasteiger partial charge is 0.493 e. The fourth-order valence-electron chi connectivity index (χ4n) is 3.18. The first-order chi connectivity index (χ1) is 13.2. The Balaban J connectivity index is 1.71. The van der Waals surface area contributed by atoms with Gasteiger partial charge in [0.2, 0.25) is 0 Å². The van der Waals surface area contributed by atoms with Crippen LogP contribution in [0.2, 0.25) is 0 Å². The van der Waals surface area contributed by atoms with Crippen LogP contribution in [0.5, 0.6) is 5.75 Å². The van der Waals surface area contributed by atoms with Crippen LogP contribution in [0.3, 0.4) is 0 Å². The number of hydrogen-bond acceptors (Lipinski definition) is 5. The van der Waals surface area contributed by atoms with Gasteiger partial charge in [0, 0.05) is 39.4 Å². The molecule has 7 nitrogen and oxygen atoms in total. The molecule has 0 bridgehead atoms. The molecule has 0 radical (unpaired) electrons. The number of para-hydroxylation sites is 1. The molecule has 0 saturated carbocycles. The predicted octanol–water partition coefficient (Wildman–Crippen LogP) is 1.80. The molecular formula is C20H24N4O3. The standard InChI is InChI=1S/C20H24N4O3/c1-3-27-17-9-5-4-7-15(17)20(26)24-13-11-23(12-14-24)18-16(19(25)21-2)8-6-10-22-18/h4-10H,3,11-14H2,1-2H3,(H,21,25). The normalized spacial score (nSPS) is 14.0. The van der Waals surface area contributed by atoms with E-state index in [0.29, 0.717) is 55.5 Å². The summed E-state index contributed by atoms with van der Waals surface area (Å²) < 4.78 is 5.58. The summed E-state index contributed by atoms with van der Waals surface area (Å²) in [6.07, 6.45) is 1.68. The zero-order valence-electron chi connectivity index (χ0n) is 15.6. The van der Waals surface area contributed by atoms with E-state index in [9.17, 15) is 9.59 Å². The van der Waals surface area contributed by atoms with E-state index >= 15 is 0 Å². The number of pyridine rings is 1. The van der Waals surface area contributed by atoms with Gasteiger partial charge in [0.25, 0.3) is 11.8 Å². The summed E-state index contributed by atoms with van der Waals surface area (Å²) in [6.45, 7) is 4.76. The molecule has 7 heteroatoms. The molecule has 27 heavy (non-hydrogen) atoms. The summed E-state index contributed by atoms with van der Waals surface area (Å²) in [5, 5.41) is 2.64. The number of nitrogens with one attached hydrogen (secondary N) is 1. The Labute approximate surface area is 158 Å². The zero-order chi connectivity index (χ0) is 19.2. The van der Waals surface area contributed by atoms with E-state index in [1.165, 1.54) is 0 Å². The lowest BCUT2D eigenvalue weighted by molar-refractivity contribution is 0.0741. The Morgan fingerprint density at radius 3 is 2.48 bits per heavy atom. The monoisotopic (exact) mass is 368 g/mol. The SMILES string of the molecule is CCOc1ccccc1C(=O)N1CCN(c2ncccc2C(=O)NC)CC1. The average molecular weight is 368 g/mol. The number of benzene rings is 1. The number of nitrogens with zero attached hydrogens (tertiary/aromatic N) is 3. The lowest BCUT2D eigenvalue weighted by atomic mass is 10.1. The van der Waals surface area contributed by atoms with Gasteiger partial charge in [-0.05, 0) is 31.2 Å². The molecule has 1 N–H and O–H groups in total. The Hall–Kier alpha value is -3.09. The molecular weight excluding hydrogens is 344 g/mol. The van der Waals surface area contributed by atoms with Crippen LogP contribution in [0.4, 0.5) is 5.82 Å². The summed E-state index contributed by atoms with van der Waals surface area (Å²) in [7, 11) is 1.60. The minimum Gasteiger partial charge on any atom is -0.493 e. The molecule has 142 valence electrons. The second kappa shape index (κ2) is 8.53. The van der Waals surface area contributed by atoms with Crippen molar-refractivity contribution in [2.45, 2.75) is 6.92 Å². The Morgan fingerprint density at radius 2 is 1.78 bits per heavy atom. The van der Waals surface area contributed by atoms with Gasteiger partial charge in [0.1, 0.15) is 11.6 Å². The maximum Gasteiger partial charge on any atom is 0.257 e. The summed E-state index contributed by atoms with van der Waals surface area (Å²) >= 11 is 0. The van der Waals surface area contributed by atoms with E-state index in [0.717, 1.165) is 0 Å². The fourth-order valence-corrected chi connectivity index (χ4v) is 3.18. The topological polar surface area (TPSA) is 74.8 Å². The average Bonchev–Trinajstić information content (AvgIpc) is 2.73. The zero-order valence-corrected chi connectivity index (χ0v) is 15.6. The van der Waals surface area contributed by atoms with E-state index in [1.54, 1.807) is 31.4 Å². The number of carbonyl (C=O) groups is 2. The predicted molar refractivity (Wildman–Crippen MR) is 103 cm³/mol. The smallest absolute Gasteiger partial charge is 0.257 e. The van der Waals surface area contributed by atoms with Gasteiger partial charge < -0.3 is 19.9 Å². The summed E-state index contributed by atoms with van der Waals surface area (Å²) in [5.41, 5.74) is 1.12. The molecule has 2 aromatic rings. The summed E-state index contributed by atoms with van der Waals surface area (Å²) in [6, 6.07) is 10.8. The van der Waals surface area contributed by atoms with E-state index in [4.69, 9.17) is 4.74 Å². The first-order valence-electron chi connectivity index (χ1n) is 9.08. The second-order valence-corrected chi connectivity index (χ2v) is 6.16. The highest BCUT2D eigenvalue weighted by atomic mass is 16.5. The van der Waals surface area contributed by atoms with Crippen molar-refractivity contribution in [3.05, 3.63) is 53.7 Å². The third-order valence-corrected chi connectivity index (χ3v) is 4.54. The van der Waals surface area contributed by atoms with E-state index in [1.807, 2.05) is 34.9 Å². The number of amides is 2. The van der Waals surface area contributed by atoms with Gasteiger partial charge in [-0.15, -0.1) is 0 Å². The van der Waals surface area contributed by atoms with E-state index in [2.05, 4.69) is 10.3 Å². The third-order valence-electron chi connectivity index (χ3n) is 4.54. The van der Waals surface area contributed by atoms with Crippen molar-refractivity contribution in [1.29, 1.82) is 0 Å². The van der Waals surface area contributed by atoms with Crippen LogP contribution < -0.4 is 15.0 Å². The van der Waals surface area contributed by atoms with Gasteiger partial charge in [-0.25, -0.2) is 4.98 Å². The van der Waals surface area contributed by atoms with Crippen molar-refractivity contribution in [2.75, 3.05) is 44.7 Å². The molecule has 0 aliphatic carbocycles. The number of hydrogen-bond donors (Lipinski definition) is 1. The van der Waals surface area contributed by atoms with Gasteiger partial charge in [-0.2, -0.15) is 0 Å². The van der Waals surface area contributed by atoms with E-state index in [-0.39, 0.29) is 11.8 Å². The highest BCUT2D eigenvalue weighted by molar-refractivity contribution is 5.99. The minimum absolute atomic E-state index is 0.0359. The number of carbonyl (C=O) groups excluding carboxylic acids is 2. The third kappa shape index (κ3) is 4.02. The molecule has 0 spiro atoms. The van der Waals surface area contributed by atoms with Crippen LogP contribution in [-0.2, 0) is 0 Å². The van der Waals surface area contributed by atoms with Crippen LogP contribution in [-0.4, -0.2) is 61.5 Å².